The van der Waals surface area contributed by atoms with E-state index in [0.717, 1.165) is 28.6 Å². The fourth-order valence-corrected chi connectivity index (χ4v) is 3.33. The van der Waals surface area contributed by atoms with Gasteiger partial charge in [0.1, 0.15) is 12.0 Å². The Bertz CT molecular complexity index is 1100. The van der Waals surface area contributed by atoms with E-state index in [9.17, 15) is 0 Å². The Hall–Kier alpha value is -3.60. The number of aromatic nitrogens is 2. The van der Waals surface area contributed by atoms with Gasteiger partial charge in [0.05, 0.1) is 0 Å². The zero-order chi connectivity index (χ0) is 20.1. The molecule has 146 valence electrons. The molecule has 1 heterocycles. The second-order valence-corrected chi connectivity index (χ2v) is 7.06. The number of nitrogens with zero attached hydrogens (tertiary/aromatic N) is 2. The van der Waals surface area contributed by atoms with Gasteiger partial charge in [0.25, 0.3) is 0 Å². The van der Waals surface area contributed by atoms with Crippen LogP contribution in [0.25, 0.3) is 10.8 Å². The lowest BCUT2D eigenvalue weighted by atomic mass is 10.1. The second kappa shape index (κ2) is 8.61. The van der Waals surface area contributed by atoms with Crippen LogP contribution in [0, 0.1) is 0 Å². The van der Waals surface area contributed by atoms with Crippen molar-refractivity contribution < 1.29 is 0 Å². The number of nitrogens with one attached hydrogen (secondary N) is 2. The molecule has 5 nitrogen and oxygen atoms in total. The molecule has 0 unspecified atom stereocenters. The second-order valence-electron chi connectivity index (χ2n) is 7.06. The van der Waals surface area contributed by atoms with Crippen LogP contribution in [-0.4, -0.2) is 9.97 Å². The highest BCUT2D eigenvalue weighted by Crippen LogP contribution is 2.31. The van der Waals surface area contributed by atoms with Crippen LogP contribution >= 0.6 is 0 Å². The van der Waals surface area contributed by atoms with Crippen molar-refractivity contribution in [3.8, 4) is 0 Å². The van der Waals surface area contributed by atoms with Gasteiger partial charge in [-0.15, -0.1) is 0 Å². The van der Waals surface area contributed by atoms with Crippen LogP contribution in [0.15, 0.2) is 73.1 Å². The molecule has 0 bridgehead atoms. The van der Waals surface area contributed by atoms with Gasteiger partial charge in [-0.25, -0.2) is 9.97 Å². The monoisotopic (exact) mass is 383 g/mol. The minimum Gasteiger partial charge on any atom is -0.393 e. The third-order valence-electron chi connectivity index (χ3n) is 4.96. The van der Waals surface area contributed by atoms with E-state index in [1.54, 1.807) is 0 Å². The van der Waals surface area contributed by atoms with Crippen molar-refractivity contribution in [2.75, 3.05) is 16.4 Å². The summed E-state index contributed by atoms with van der Waals surface area (Å²) in [5, 5.41) is 8.94. The Morgan fingerprint density at radius 2 is 1.55 bits per heavy atom. The molecular formula is C24H25N5. The number of nitrogens with two attached hydrogens (primary N) is 1. The molecule has 0 aliphatic rings. The number of fused-ring (bicyclic) bond motifs is 1. The molecule has 29 heavy (non-hydrogen) atoms. The maximum Gasteiger partial charge on any atom is 0.159 e. The number of aryl methyl sites for hydroxylation is 1. The van der Waals surface area contributed by atoms with Crippen LogP contribution in [0.1, 0.15) is 25.3 Å². The van der Waals surface area contributed by atoms with Gasteiger partial charge < -0.3 is 16.4 Å². The standard InChI is InChI=1S/C24H25N5/c1-2-3-7-17-12-14-19(15-13-17)28-23-22(25)24(27-16-26-23)29-21-11-6-9-18-8-4-5-10-20(18)21/h4-6,8-16H,2-3,7,25H2,1H3,(H2,26,27,28,29). The van der Waals surface area contributed by atoms with Crippen LogP contribution in [0.4, 0.5) is 28.7 Å². The molecule has 5 heteroatoms. The molecule has 3 aromatic carbocycles. The summed E-state index contributed by atoms with van der Waals surface area (Å²) in [6.45, 7) is 2.21. The van der Waals surface area contributed by atoms with Gasteiger partial charge >= 0.3 is 0 Å². The van der Waals surface area contributed by atoms with Crippen LogP contribution in [-0.2, 0) is 6.42 Å². The van der Waals surface area contributed by atoms with E-state index in [4.69, 9.17) is 5.73 Å². The summed E-state index contributed by atoms with van der Waals surface area (Å²) in [5.74, 6) is 1.17. The molecule has 4 rings (SSSR count). The van der Waals surface area contributed by atoms with Crippen molar-refractivity contribution in [3.05, 3.63) is 78.6 Å². The maximum atomic E-state index is 6.37. The van der Waals surface area contributed by atoms with E-state index in [1.807, 2.05) is 24.3 Å². The highest BCUT2D eigenvalue weighted by atomic mass is 15.1. The Labute approximate surface area is 171 Å². The predicted molar refractivity (Wildman–Crippen MR) is 122 cm³/mol. The van der Waals surface area contributed by atoms with Gasteiger partial charge in [-0.2, -0.15) is 0 Å². The van der Waals surface area contributed by atoms with Crippen LogP contribution in [0.3, 0.4) is 0 Å². The quantitative estimate of drug-likeness (QED) is 0.363. The van der Waals surface area contributed by atoms with Crippen LogP contribution < -0.4 is 16.4 Å². The summed E-state index contributed by atoms with van der Waals surface area (Å²) in [7, 11) is 0. The van der Waals surface area contributed by atoms with E-state index in [2.05, 4.69) is 70.0 Å². The summed E-state index contributed by atoms with van der Waals surface area (Å²) in [5.41, 5.74) is 10.1. The fraction of sp³-hybridized carbons (Fsp3) is 0.167. The molecular weight excluding hydrogens is 358 g/mol. The SMILES string of the molecule is CCCCc1ccc(Nc2ncnc(Nc3cccc4ccccc34)c2N)cc1. The number of unbranched alkanes of at least 4 members (excludes halogenated alkanes) is 1. The minimum atomic E-state index is 0.482. The Morgan fingerprint density at radius 3 is 2.34 bits per heavy atom. The summed E-state index contributed by atoms with van der Waals surface area (Å²) in [6.07, 6.45) is 5.02. The van der Waals surface area contributed by atoms with Gasteiger partial charge in [0, 0.05) is 16.8 Å². The molecule has 0 spiro atoms. The van der Waals surface area contributed by atoms with E-state index in [0.29, 0.717) is 17.3 Å². The molecule has 0 amide bonds. The minimum absolute atomic E-state index is 0.482. The Kier molecular flexibility index (Phi) is 5.56. The molecule has 0 saturated carbocycles. The summed E-state index contributed by atoms with van der Waals surface area (Å²) >= 11 is 0. The third kappa shape index (κ3) is 4.29. The molecule has 0 aliphatic carbocycles. The fourth-order valence-electron chi connectivity index (χ4n) is 3.33. The molecule has 0 aliphatic heterocycles. The lowest BCUT2D eigenvalue weighted by Gasteiger charge is -2.14. The van der Waals surface area contributed by atoms with Crippen LogP contribution in [0.2, 0.25) is 0 Å². The van der Waals surface area contributed by atoms with Crippen molar-refractivity contribution in [3.63, 3.8) is 0 Å². The third-order valence-corrected chi connectivity index (χ3v) is 4.96. The van der Waals surface area contributed by atoms with E-state index in [-0.39, 0.29) is 0 Å². The number of hydrogen-bond donors (Lipinski definition) is 3. The summed E-state index contributed by atoms with van der Waals surface area (Å²) < 4.78 is 0. The van der Waals surface area contributed by atoms with Crippen molar-refractivity contribution in [2.45, 2.75) is 26.2 Å². The zero-order valence-electron chi connectivity index (χ0n) is 16.5. The Balaban J connectivity index is 1.56. The summed E-state index contributed by atoms with van der Waals surface area (Å²) in [6, 6.07) is 22.7. The molecule has 4 aromatic rings. The van der Waals surface area contributed by atoms with Gasteiger partial charge in [-0.1, -0.05) is 61.9 Å². The molecule has 0 atom stereocenters. The van der Waals surface area contributed by atoms with Crippen molar-refractivity contribution in [1.82, 2.24) is 9.97 Å². The number of hydrogen-bond acceptors (Lipinski definition) is 5. The first-order valence-electron chi connectivity index (χ1n) is 9.96. The first-order valence-corrected chi connectivity index (χ1v) is 9.96. The largest absolute Gasteiger partial charge is 0.393 e. The van der Waals surface area contributed by atoms with Gasteiger partial charge in [-0.3, -0.25) is 0 Å². The number of rotatable bonds is 7. The number of nitrogen functional groups attached to an aromatic ring is 1. The van der Waals surface area contributed by atoms with Gasteiger partial charge in [0.15, 0.2) is 11.6 Å². The molecule has 0 fully saturated rings. The lowest BCUT2D eigenvalue weighted by Crippen LogP contribution is -2.05. The molecule has 1 aromatic heterocycles. The first kappa shape index (κ1) is 18.7. The zero-order valence-corrected chi connectivity index (χ0v) is 16.5. The number of benzene rings is 3. The van der Waals surface area contributed by atoms with E-state index in [1.165, 1.54) is 24.7 Å². The van der Waals surface area contributed by atoms with E-state index >= 15 is 0 Å². The normalized spacial score (nSPS) is 10.8. The van der Waals surface area contributed by atoms with Crippen LogP contribution in [0.5, 0.6) is 0 Å². The highest BCUT2D eigenvalue weighted by molar-refractivity contribution is 5.96. The smallest absolute Gasteiger partial charge is 0.159 e. The highest BCUT2D eigenvalue weighted by Gasteiger charge is 2.10. The summed E-state index contributed by atoms with van der Waals surface area (Å²) in [4.78, 5) is 8.67. The topological polar surface area (TPSA) is 75.9 Å². The van der Waals surface area contributed by atoms with Crippen molar-refractivity contribution in [1.29, 1.82) is 0 Å². The van der Waals surface area contributed by atoms with E-state index < -0.39 is 0 Å². The Morgan fingerprint density at radius 1 is 0.828 bits per heavy atom. The predicted octanol–water partition coefficient (Wildman–Crippen LogP) is 6.04. The molecule has 0 saturated heterocycles. The molecule has 0 radical (unpaired) electrons. The van der Waals surface area contributed by atoms with Gasteiger partial charge in [-0.05, 0) is 42.0 Å². The lowest BCUT2D eigenvalue weighted by molar-refractivity contribution is 0.795. The number of anilines is 5. The average molecular weight is 383 g/mol. The van der Waals surface area contributed by atoms with Crippen molar-refractivity contribution >= 4 is 39.5 Å². The maximum absolute atomic E-state index is 6.37. The molecule has 4 N–H and O–H groups in total. The van der Waals surface area contributed by atoms with Gasteiger partial charge in [0.2, 0.25) is 0 Å². The first-order chi connectivity index (χ1) is 14.2. The average Bonchev–Trinajstić information content (AvgIpc) is 2.76. The van der Waals surface area contributed by atoms with Crippen molar-refractivity contribution in [2.24, 2.45) is 0 Å².